The van der Waals surface area contributed by atoms with Gasteiger partial charge < -0.3 is 15.1 Å². The number of hydrogen-bond donors (Lipinski definition) is 1. The Morgan fingerprint density at radius 1 is 1.14 bits per heavy atom. The summed E-state index contributed by atoms with van der Waals surface area (Å²) in [6, 6.07) is 7.65. The second kappa shape index (κ2) is 6.57. The Balaban J connectivity index is 1.92. The number of nitrogens with one attached hydrogen (secondary N) is 1. The van der Waals surface area contributed by atoms with Gasteiger partial charge in [0, 0.05) is 42.4 Å². The zero-order valence-electron chi connectivity index (χ0n) is 13.2. The van der Waals surface area contributed by atoms with Crippen molar-refractivity contribution < 1.29 is 9.59 Å². The minimum Gasteiger partial charge on any atom is -0.368 e. The van der Waals surface area contributed by atoms with Crippen LogP contribution in [0.4, 0.5) is 5.69 Å². The third kappa shape index (κ3) is 4.37. The van der Waals surface area contributed by atoms with Gasteiger partial charge in [-0.2, -0.15) is 0 Å². The van der Waals surface area contributed by atoms with Crippen molar-refractivity contribution in [3.63, 3.8) is 0 Å². The number of amides is 2. The Morgan fingerprint density at radius 2 is 1.77 bits per heavy atom. The molecule has 5 nitrogen and oxygen atoms in total. The first-order chi connectivity index (χ1) is 10.3. The highest BCUT2D eigenvalue weighted by Gasteiger charge is 2.28. The fourth-order valence-electron chi connectivity index (χ4n) is 2.38. The Kier molecular flexibility index (Phi) is 4.96. The summed E-state index contributed by atoms with van der Waals surface area (Å²) >= 11 is 6.00. The minimum absolute atomic E-state index is 0.407. The zero-order valence-corrected chi connectivity index (χ0v) is 14.0. The summed E-state index contributed by atoms with van der Waals surface area (Å²) < 4.78 is 0. The van der Waals surface area contributed by atoms with E-state index in [4.69, 9.17) is 11.6 Å². The van der Waals surface area contributed by atoms with Gasteiger partial charge in [-0.15, -0.1) is 0 Å². The van der Waals surface area contributed by atoms with Crippen LogP contribution in [0.5, 0.6) is 0 Å². The van der Waals surface area contributed by atoms with Crippen molar-refractivity contribution in [2.45, 2.75) is 26.3 Å². The molecule has 0 atom stereocenters. The quantitative estimate of drug-likeness (QED) is 0.803. The fraction of sp³-hybridized carbons (Fsp3) is 0.500. The van der Waals surface area contributed by atoms with Gasteiger partial charge in [-0.05, 0) is 39.0 Å². The average molecular weight is 324 g/mol. The van der Waals surface area contributed by atoms with Crippen LogP contribution in [0.25, 0.3) is 0 Å². The number of rotatable bonds is 1. The van der Waals surface area contributed by atoms with Crippen LogP contribution in [0, 0.1) is 0 Å². The van der Waals surface area contributed by atoms with E-state index in [9.17, 15) is 9.59 Å². The molecule has 1 N–H and O–H groups in total. The molecule has 0 spiro atoms. The van der Waals surface area contributed by atoms with Crippen molar-refractivity contribution in [1.82, 2.24) is 10.2 Å². The third-order valence-electron chi connectivity index (χ3n) is 3.42. The highest BCUT2D eigenvalue weighted by molar-refractivity contribution is 6.35. The lowest BCUT2D eigenvalue weighted by Gasteiger charge is -2.36. The van der Waals surface area contributed by atoms with E-state index in [1.165, 1.54) is 0 Å². The number of nitrogens with zero attached hydrogens (tertiary/aromatic N) is 2. The molecular formula is C16H22ClN3O2. The number of carbonyl (C=O) groups excluding carboxylic acids is 2. The van der Waals surface area contributed by atoms with Crippen molar-refractivity contribution >= 4 is 29.1 Å². The van der Waals surface area contributed by atoms with Crippen molar-refractivity contribution in [2.75, 3.05) is 31.1 Å². The molecule has 1 aromatic rings. The molecule has 0 aromatic heterocycles. The van der Waals surface area contributed by atoms with E-state index in [2.05, 4.69) is 10.2 Å². The molecule has 1 saturated heterocycles. The van der Waals surface area contributed by atoms with Crippen LogP contribution in [0.2, 0.25) is 5.02 Å². The SMILES string of the molecule is CC(C)(C)NC(=O)C(=O)N1CCN(c2cccc(Cl)c2)CC1. The maximum absolute atomic E-state index is 12.1. The van der Waals surface area contributed by atoms with E-state index < -0.39 is 17.4 Å². The van der Waals surface area contributed by atoms with Crippen molar-refractivity contribution in [3.8, 4) is 0 Å². The Labute approximate surface area is 136 Å². The smallest absolute Gasteiger partial charge is 0.312 e. The normalized spacial score (nSPS) is 15.6. The first kappa shape index (κ1) is 16.6. The molecule has 1 aliphatic heterocycles. The molecule has 0 unspecified atom stereocenters. The van der Waals surface area contributed by atoms with E-state index in [1.54, 1.807) is 4.90 Å². The molecule has 120 valence electrons. The predicted octanol–water partition coefficient (Wildman–Crippen LogP) is 1.90. The second-order valence-corrected chi connectivity index (χ2v) is 6.90. The number of hydrogen-bond acceptors (Lipinski definition) is 3. The van der Waals surface area contributed by atoms with E-state index in [0.29, 0.717) is 31.2 Å². The van der Waals surface area contributed by atoms with Gasteiger partial charge in [0.1, 0.15) is 0 Å². The second-order valence-electron chi connectivity index (χ2n) is 6.46. The Hall–Kier alpha value is -1.75. The van der Waals surface area contributed by atoms with Crippen molar-refractivity contribution in [1.29, 1.82) is 0 Å². The lowest BCUT2D eigenvalue weighted by atomic mass is 10.1. The van der Waals surface area contributed by atoms with Crippen LogP contribution in [-0.4, -0.2) is 48.4 Å². The minimum atomic E-state index is -0.538. The molecule has 2 rings (SSSR count). The molecule has 22 heavy (non-hydrogen) atoms. The highest BCUT2D eigenvalue weighted by Crippen LogP contribution is 2.20. The number of carbonyl (C=O) groups is 2. The van der Waals surface area contributed by atoms with Gasteiger partial charge in [0.15, 0.2) is 0 Å². The van der Waals surface area contributed by atoms with Crippen LogP contribution >= 0.6 is 11.6 Å². The first-order valence-corrected chi connectivity index (χ1v) is 7.76. The van der Waals surface area contributed by atoms with Gasteiger partial charge >= 0.3 is 11.8 Å². The summed E-state index contributed by atoms with van der Waals surface area (Å²) in [5.74, 6) is -0.996. The molecule has 1 aromatic carbocycles. The molecule has 0 saturated carbocycles. The predicted molar refractivity (Wildman–Crippen MR) is 88.1 cm³/mol. The van der Waals surface area contributed by atoms with Gasteiger partial charge in [-0.25, -0.2) is 0 Å². The van der Waals surface area contributed by atoms with Crippen LogP contribution in [-0.2, 0) is 9.59 Å². The molecule has 6 heteroatoms. The fourth-order valence-corrected chi connectivity index (χ4v) is 2.56. The summed E-state index contributed by atoms with van der Waals surface area (Å²) in [6.07, 6.45) is 0. The van der Waals surface area contributed by atoms with Crippen LogP contribution < -0.4 is 10.2 Å². The van der Waals surface area contributed by atoms with Gasteiger partial charge in [-0.3, -0.25) is 9.59 Å². The summed E-state index contributed by atoms with van der Waals surface area (Å²) in [4.78, 5) is 27.8. The molecule has 1 fully saturated rings. The lowest BCUT2D eigenvalue weighted by Crippen LogP contribution is -2.55. The molecule has 0 radical (unpaired) electrons. The molecule has 1 aliphatic rings. The van der Waals surface area contributed by atoms with Gasteiger partial charge in [0.05, 0.1) is 0 Å². The molecule has 0 bridgehead atoms. The number of anilines is 1. The third-order valence-corrected chi connectivity index (χ3v) is 3.66. The lowest BCUT2D eigenvalue weighted by molar-refractivity contribution is -0.146. The average Bonchev–Trinajstić information content (AvgIpc) is 2.45. The van der Waals surface area contributed by atoms with E-state index in [1.807, 2.05) is 45.0 Å². The summed E-state index contributed by atoms with van der Waals surface area (Å²) in [6.45, 7) is 8.01. The monoisotopic (exact) mass is 323 g/mol. The first-order valence-electron chi connectivity index (χ1n) is 7.38. The van der Waals surface area contributed by atoms with Crippen LogP contribution in [0.15, 0.2) is 24.3 Å². The van der Waals surface area contributed by atoms with E-state index >= 15 is 0 Å². The number of piperazine rings is 1. The van der Waals surface area contributed by atoms with Crippen LogP contribution in [0.3, 0.4) is 0 Å². The van der Waals surface area contributed by atoms with E-state index in [-0.39, 0.29) is 0 Å². The molecule has 1 heterocycles. The largest absolute Gasteiger partial charge is 0.368 e. The number of benzene rings is 1. The standard InChI is InChI=1S/C16H22ClN3O2/c1-16(2,3)18-14(21)15(22)20-9-7-19(8-10-20)13-6-4-5-12(17)11-13/h4-6,11H,7-10H2,1-3H3,(H,18,21). The summed E-state index contributed by atoms with van der Waals surface area (Å²) in [7, 11) is 0. The number of halogens is 1. The Morgan fingerprint density at radius 3 is 2.32 bits per heavy atom. The van der Waals surface area contributed by atoms with Gasteiger partial charge in [-0.1, -0.05) is 17.7 Å². The maximum Gasteiger partial charge on any atom is 0.312 e. The van der Waals surface area contributed by atoms with E-state index in [0.717, 1.165) is 5.69 Å². The van der Waals surface area contributed by atoms with Gasteiger partial charge in [0.2, 0.25) is 0 Å². The summed E-state index contributed by atoms with van der Waals surface area (Å²) in [5.41, 5.74) is 0.633. The van der Waals surface area contributed by atoms with Crippen LogP contribution in [0.1, 0.15) is 20.8 Å². The molecular weight excluding hydrogens is 302 g/mol. The highest BCUT2D eigenvalue weighted by atomic mass is 35.5. The summed E-state index contributed by atoms with van der Waals surface area (Å²) in [5, 5.41) is 3.40. The van der Waals surface area contributed by atoms with Crippen molar-refractivity contribution in [2.24, 2.45) is 0 Å². The maximum atomic E-state index is 12.1. The molecule has 0 aliphatic carbocycles. The zero-order chi connectivity index (χ0) is 16.3. The van der Waals surface area contributed by atoms with Crippen molar-refractivity contribution in [3.05, 3.63) is 29.3 Å². The topological polar surface area (TPSA) is 52.7 Å². The van der Waals surface area contributed by atoms with Gasteiger partial charge in [0.25, 0.3) is 0 Å². The Bertz CT molecular complexity index is 561. The molecule has 2 amide bonds.